The molecule has 1 unspecified atom stereocenters. The predicted molar refractivity (Wildman–Crippen MR) is 63.9 cm³/mol. The highest BCUT2D eigenvalue weighted by Gasteiger charge is 2.18. The highest BCUT2D eigenvalue weighted by molar-refractivity contribution is 5.28. The molecule has 94 valence electrons. The predicted octanol–water partition coefficient (Wildman–Crippen LogP) is 2.45. The van der Waals surface area contributed by atoms with E-state index in [-0.39, 0.29) is 0 Å². The van der Waals surface area contributed by atoms with Gasteiger partial charge in [0.1, 0.15) is 18.0 Å². The Bertz CT molecular complexity index is 517. The van der Waals surface area contributed by atoms with Crippen molar-refractivity contribution in [2.75, 3.05) is 6.54 Å². The largest absolute Gasteiger partial charge is 0.305 e. The van der Waals surface area contributed by atoms with E-state index in [0.29, 0.717) is 17.8 Å². The van der Waals surface area contributed by atoms with Gasteiger partial charge in [-0.1, -0.05) is 13.0 Å². The Morgan fingerprint density at radius 1 is 1.28 bits per heavy atom. The monoisotopic (exact) mass is 249 g/mol. The van der Waals surface area contributed by atoms with Crippen molar-refractivity contribution in [2.24, 2.45) is 0 Å². The van der Waals surface area contributed by atoms with Crippen molar-refractivity contribution in [3.63, 3.8) is 0 Å². The molecular formula is C13H13F2N3. The number of hydrogen-bond donors (Lipinski definition) is 1. The lowest BCUT2D eigenvalue weighted by molar-refractivity contribution is 0.535. The number of aromatic nitrogens is 2. The van der Waals surface area contributed by atoms with E-state index in [4.69, 9.17) is 0 Å². The van der Waals surface area contributed by atoms with Crippen molar-refractivity contribution in [3.8, 4) is 0 Å². The van der Waals surface area contributed by atoms with E-state index >= 15 is 0 Å². The van der Waals surface area contributed by atoms with Gasteiger partial charge in [0.2, 0.25) is 0 Å². The first kappa shape index (κ1) is 12.6. The van der Waals surface area contributed by atoms with Crippen LogP contribution in [0, 0.1) is 11.6 Å². The fourth-order valence-corrected chi connectivity index (χ4v) is 1.79. The smallest absolute Gasteiger partial charge is 0.131 e. The van der Waals surface area contributed by atoms with E-state index in [2.05, 4.69) is 15.3 Å². The average molecular weight is 249 g/mol. The van der Waals surface area contributed by atoms with Gasteiger partial charge in [0.15, 0.2) is 0 Å². The number of nitrogens with zero attached hydrogens (tertiary/aromatic N) is 2. The minimum Gasteiger partial charge on any atom is -0.305 e. The van der Waals surface area contributed by atoms with Crippen LogP contribution in [0.15, 0.2) is 36.8 Å². The third-order valence-corrected chi connectivity index (χ3v) is 2.58. The fraction of sp³-hybridized carbons (Fsp3) is 0.231. The summed E-state index contributed by atoms with van der Waals surface area (Å²) in [5.41, 5.74) is 1.02. The molecule has 1 N–H and O–H groups in total. The second-order valence-electron chi connectivity index (χ2n) is 3.79. The zero-order valence-electron chi connectivity index (χ0n) is 9.90. The molecule has 18 heavy (non-hydrogen) atoms. The minimum absolute atomic E-state index is 0.372. The highest BCUT2D eigenvalue weighted by Crippen LogP contribution is 2.23. The Labute approximate surface area is 104 Å². The van der Waals surface area contributed by atoms with E-state index in [1.54, 1.807) is 12.3 Å². The van der Waals surface area contributed by atoms with Crippen LogP contribution in [0.2, 0.25) is 0 Å². The Morgan fingerprint density at radius 2 is 2.11 bits per heavy atom. The van der Waals surface area contributed by atoms with Gasteiger partial charge in [-0.25, -0.2) is 18.7 Å². The summed E-state index contributed by atoms with van der Waals surface area (Å²) in [4.78, 5) is 7.93. The molecular weight excluding hydrogens is 236 g/mol. The molecule has 0 aliphatic rings. The van der Waals surface area contributed by atoms with Crippen LogP contribution in [-0.2, 0) is 0 Å². The van der Waals surface area contributed by atoms with Crippen LogP contribution in [0.4, 0.5) is 8.78 Å². The second kappa shape index (κ2) is 5.64. The topological polar surface area (TPSA) is 37.8 Å². The molecule has 5 heteroatoms. The molecule has 0 amide bonds. The van der Waals surface area contributed by atoms with Crippen molar-refractivity contribution in [1.29, 1.82) is 0 Å². The van der Waals surface area contributed by atoms with Gasteiger partial charge in [-0.3, -0.25) is 0 Å². The molecule has 3 nitrogen and oxygen atoms in total. The average Bonchev–Trinajstić information content (AvgIpc) is 2.38. The number of rotatable bonds is 4. The Kier molecular flexibility index (Phi) is 3.94. The lowest BCUT2D eigenvalue weighted by Gasteiger charge is -2.18. The number of hydrogen-bond acceptors (Lipinski definition) is 3. The van der Waals surface area contributed by atoms with Gasteiger partial charge < -0.3 is 5.32 Å². The summed E-state index contributed by atoms with van der Waals surface area (Å²) in [6, 6.07) is 4.85. The first-order valence-electron chi connectivity index (χ1n) is 5.66. The van der Waals surface area contributed by atoms with Crippen molar-refractivity contribution in [3.05, 3.63) is 59.7 Å². The molecule has 1 heterocycles. The molecule has 2 aromatic rings. The molecule has 0 aliphatic heterocycles. The minimum atomic E-state index is -0.589. The summed E-state index contributed by atoms with van der Waals surface area (Å²) >= 11 is 0. The molecule has 0 saturated heterocycles. The third-order valence-electron chi connectivity index (χ3n) is 2.58. The molecule has 1 aromatic heterocycles. The van der Waals surface area contributed by atoms with Crippen molar-refractivity contribution < 1.29 is 8.78 Å². The van der Waals surface area contributed by atoms with Gasteiger partial charge in [0, 0.05) is 17.8 Å². The molecule has 0 radical (unpaired) electrons. The van der Waals surface area contributed by atoms with Crippen molar-refractivity contribution in [1.82, 2.24) is 15.3 Å². The first-order valence-corrected chi connectivity index (χ1v) is 5.66. The van der Waals surface area contributed by atoms with Gasteiger partial charge in [-0.05, 0) is 18.7 Å². The molecule has 0 spiro atoms. The maximum atomic E-state index is 13.8. The molecule has 0 saturated carbocycles. The number of halogens is 2. The van der Waals surface area contributed by atoms with E-state index in [0.717, 1.165) is 6.07 Å². The zero-order valence-corrected chi connectivity index (χ0v) is 9.90. The standard InChI is InChI=1S/C13H13F2N3/c1-2-17-13(12-5-6-16-8-18-12)10-4-3-9(14)7-11(10)15/h3-8,13,17H,2H2,1H3. The van der Waals surface area contributed by atoms with Crippen LogP contribution in [0.25, 0.3) is 0 Å². The van der Waals surface area contributed by atoms with Crippen LogP contribution in [0.1, 0.15) is 24.2 Å². The van der Waals surface area contributed by atoms with E-state index in [1.807, 2.05) is 6.92 Å². The van der Waals surface area contributed by atoms with Gasteiger partial charge >= 0.3 is 0 Å². The Balaban J connectivity index is 2.41. The lowest BCUT2D eigenvalue weighted by atomic mass is 10.0. The second-order valence-corrected chi connectivity index (χ2v) is 3.79. The van der Waals surface area contributed by atoms with Crippen LogP contribution in [-0.4, -0.2) is 16.5 Å². The molecule has 2 rings (SSSR count). The molecule has 0 aliphatic carbocycles. The SMILES string of the molecule is CCNC(c1ccncn1)c1ccc(F)cc1F. The Morgan fingerprint density at radius 3 is 2.72 bits per heavy atom. The quantitative estimate of drug-likeness (QED) is 0.904. The maximum Gasteiger partial charge on any atom is 0.131 e. The zero-order chi connectivity index (χ0) is 13.0. The van der Waals surface area contributed by atoms with Gasteiger partial charge in [-0.15, -0.1) is 0 Å². The van der Waals surface area contributed by atoms with Gasteiger partial charge in [0.25, 0.3) is 0 Å². The summed E-state index contributed by atoms with van der Waals surface area (Å²) in [5.74, 6) is -1.17. The van der Waals surface area contributed by atoms with Gasteiger partial charge in [0.05, 0.1) is 11.7 Å². The Hall–Kier alpha value is -1.88. The lowest BCUT2D eigenvalue weighted by Crippen LogP contribution is -2.24. The summed E-state index contributed by atoms with van der Waals surface area (Å²) in [5, 5.41) is 3.12. The normalized spacial score (nSPS) is 12.4. The maximum absolute atomic E-state index is 13.8. The summed E-state index contributed by atoms with van der Waals surface area (Å²) in [6.07, 6.45) is 3.00. The summed E-state index contributed by atoms with van der Waals surface area (Å²) < 4.78 is 26.7. The van der Waals surface area contributed by atoms with E-state index in [9.17, 15) is 8.78 Å². The van der Waals surface area contributed by atoms with Crippen molar-refractivity contribution in [2.45, 2.75) is 13.0 Å². The fourth-order valence-electron chi connectivity index (χ4n) is 1.79. The van der Waals surface area contributed by atoms with Crippen LogP contribution >= 0.6 is 0 Å². The number of benzene rings is 1. The van der Waals surface area contributed by atoms with Crippen molar-refractivity contribution >= 4 is 0 Å². The summed E-state index contributed by atoms with van der Waals surface area (Å²) in [6.45, 7) is 2.56. The first-order chi connectivity index (χ1) is 8.72. The van der Waals surface area contributed by atoms with Crippen LogP contribution < -0.4 is 5.32 Å². The highest BCUT2D eigenvalue weighted by atomic mass is 19.1. The molecule has 1 atom stereocenters. The molecule has 0 bridgehead atoms. The van der Waals surface area contributed by atoms with E-state index < -0.39 is 17.7 Å². The van der Waals surface area contributed by atoms with Crippen LogP contribution in [0.3, 0.4) is 0 Å². The number of nitrogens with one attached hydrogen (secondary N) is 1. The third kappa shape index (κ3) is 2.68. The van der Waals surface area contributed by atoms with E-state index in [1.165, 1.54) is 18.5 Å². The molecule has 0 fully saturated rings. The van der Waals surface area contributed by atoms with Gasteiger partial charge in [-0.2, -0.15) is 0 Å². The van der Waals surface area contributed by atoms with Crippen LogP contribution in [0.5, 0.6) is 0 Å². The molecule has 1 aromatic carbocycles. The summed E-state index contributed by atoms with van der Waals surface area (Å²) in [7, 11) is 0.